The van der Waals surface area contributed by atoms with E-state index in [2.05, 4.69) is 4.99 Å². The number of aromatic hydroxyl groups is 1. The van der Waals surface area contributed by atoms with Crippen molar-refractivity contribution in [2.45, 2.75) is 19.9 Å². The van der Waals surface area contributed by atoms with Crippen LogP contribution in [0.5, 0.6) is 5.75 Å². The number of phenolic OH excluding ortho intramolecular Hbond substituents is 1. The number of hydrogen-bond acceptors (Lipinski definition) is 6. The molecule has 2 aromatic carbocycles. The number of thiazole rings is 1. The van der Waals surface area contributed by atoms with Gasteiger partial charge in [0.25, 0.3) is 5.56 Å². The van der Waals surface area contributed by atoms with E-state index in [9.17, 15) is 14.7 Å². The van der Waals surface area contributed by atoms with Crippen molar-refractivity contribution in [2.75, 3.05) is 6.61 Å². The van der Waals surface area contributed by atoms with Gasteiger partial charge in [0.15, 0.2) is 4.80 Å². The summed E-state index contributed by atoms with van der Waals surface area (Å²) in [6.07, 6.45) is 1.73. The monoisotopic (exact) mass is 454 g/mol. The van der Waals surface area contributed by atoms with Gasteiger partial charge in [-0.05, 0) is 49.2 Å². The van der Waals surface area contributed by atoms with Crippen LogP contribution < -0.4 is 14.9 Å². The van der Waals surface area contributed by atoms with Crippen LogP contribution in [0.3, 0.4) is 0 Å². The lowest BCUT2D eigenvalue weighted by Crippen LogP contribution is -2.40. The van der Waals surface area contributed by atoms with Crippen LogP contribution in [0.2, 0.25) is 5.02 Å². The Bertz CT molecular complexity index is 1370. The average Bonchev–Trinajstić information content (AvgIpc) is 3.04. The number of aromatic nitrogens is 1. The molecular formula is C23H19ClN2O4S. The normalized spacial score (nSPS) is 16.1. The molecule has 1 aliphatic heterocycles. The van der Waals surface area contributed by atoms with Crippen LogP contribution in [0.25, 0.3) is 6.08 Å². The number of nitrogens with zero attached hydrogens (tertiary/aromatic N) is 2. The first-order valence-corrected chi connectivity index (χ1v) is 10.8. The summed E-state index contributed by atoms with van der Waals surface area (Å²) >= 11 is 7.71. The van der Waals surface area contributed by atoms with E-state index in [0.29, 0.717) is 31.2 Å². The Kier molecular flexibility index (Phi) is 5.80. The molecule has 0 saturated carbocycles. The molecule has 0 saturated heterocycles. The Morgan fingerprint density at radius 3 is 2.65 bits per heavy atom. The summed E-state index contributed by atoms with van der Waals surface area (Å²) in [7, 11) is 0. The average molecular weight is 455 g/mol. The lowest BCUT2D eigenvalue weighted by Gasteiger charge is -2.25. The van der Waals surface area contributed by atoms with Crippen LogP contribution in [-0.2, 0) is 9.53 Å². The third-order valence-corrected chi connectivity index (χ3v) is 6.23. The zero-order valence-corrected chi connectivity index (χ0v) is 18.4. The van der Waals surface area contributed by atoms with Crippen LogP contribution in [0.15, 0.2) is 69.6 Å². The molecule has 8 heteroatoms. The van der Waals surface area contributed by atoms with E-state index in [1.807, 2.05) is 6.07 Å². The molecule has 6 nitrogen and oxygen atoms in total. The number of carbonyl (C=O) groups is 1. The second kappa shape index (κ2) is 8.53. The van der Waals surface area contributed by atoms with Gasteiger partial charge in [-0.25, -0.2) is 9.79 Å². The Morgan fingerprint density at radius 1 is 1.26 bits per heavy atom. The van der Waals surface area contributed by atoms with E-state index in [-0.39, 0.29) is 17.9 Å². The fourth-order valence-electron chi connectivity index (χ4n) is 3.50. The number of carbonyl (C=O) groups excluding carboxylic acids is 1. The highest BCUT2D eigenvalue weighted by atomic mass is 35.5. The fourth-order valence-corrected chi connectivity index (χ4v) is 4.79. The quantitative estimate of drug-likeness (QED) is 0.614. The molecule has 1 aromatic heterocycles. The van der Waals surface area contributed by atoms with Crippen LogP contribution >= 0.6 is 22.9 Å². The number of ether oxygens (including phenoxy) is 1. The van der Waals surface area contributed by atoms with Gasteiger partial charge in [0.1, 0.15) is 11.8 Å². The topological polar surface area (TPSA) is 80.9 Å². The standard InChI is InChI=1S/C23H19ClN2O4S/c1-3-30-22(29)19-13(2)25-23-26(20(19)16-6-4-5-7-17(16)24)21(28)18(31-23)12-14-8-10-15(27)11-9-14/h4-12,20,27H,3H2,1-2H3/t20-/m0/s1. The minimum absolute atomic E-state index is 0.145. The molecule has 1 N–H and O–H groups in total. The van der Waals surface area contributed by atoms with Crippen molar-refractivity contribution in [3.05, 3.63) is 95.6 Å². The van der Waals surface area contributed by atoms with Gasteiger partial charge in [-0.1, -0.05) is 53.3 Å². The van der Waals surface area contributed by atoms with Gasteiger partial charge in [-0.2, -0.15) is 0 Å². The number of phenols is 1. The van der Waals surface area contributed by atoms with Crippen molar-refractivity contribution < 1.29 is 14.6 Å². The lowest BCUT2D eigenvalue weighted by molar-refractivity contribution is -0.139. The number of rotatable bonds is 4. The van der Waals surface area contributed by atoms with Crippen LogP contribution in [0, 0.1) is 0 Å². The van der Waals surface area contributed by atoms with Crippen molar-refractivity contribution in [2.24, 2.45) is 4.99 Å². The summed E-state index contributed by atoms with van der Waals surface area (Å²) in [5, 5.41) is 9.94. The maximum absolute atomic E-state index is 13.4. The summed E-state index contributed by atoms with van der Waals surface area (Å²) in [6.45, 7) is 3.66. The number of halogens is 1. The molecule has 4 rings (SSSR count). The summed E-state index contributed by atoms with van der Waals surface area (Å²) in [4.78, 5) is 31.3. The van der Waals surface area contributed by atoms with Gasteiger partial charge in [-0.3, -0.25) is 9.36 Å². The molecule has 0 aliphatic carbocycles. The Hall–Kier alpha value is -3.16. The van der Waals surface area contributed by atoms with E-state index < -0.39 is 12.0 Å². The highest BCUT2D eigenvalue weighted by Gasteiger charge is 2.34. The number of allylic oxidation sites excluding steroid dienone is 1. The molecule has 3 aromatic rings. The summed E-state index contributed by atoms with van der Waals surface area (Å²) in [6, 6.07) is 12.9. The molecule has 31 heavy (non-hydrogen) atoms. The van der Waals surface area contributed by atoms with Gasteiger partial charge < -0.3 is 9.84 Å². The van der Waals surface area contributed by atoms with Crippen LogP contribution in [0.1, 0.15) is 31.0 Å². The third kappa shape index (κ3) is 3.94. The van der Waals surface area contributed by atoms with Gasteiger partial charge in [0.2, 0.25) is 0 Å². The zero-order valence-electron chi connectivity index (χ0n) is 16.8. The number of hydrogen-bond donors (Lipinski definition) is 1. The fraction of sp³-hybridized carbons (Fsp3) is 0.174. The molecule has 2 heterocycles. The van der Waals surface area contributed by atoms with Crippen molar-refractivity contribution in [1.29, 1.82) is 0 Å². The Balaban J connectivity index is 1.97. The van der Waals surface area contributed by atoms with Crippen molar-refractivity contribution >= 4 is 35.0 Å². The molecule has 0 radical (unpaired) electrons. The Labute approximate surface area is 187 Å². The SMILES string of the molecule is CCOC(=O)C1=C(C)N=c2sc(=Cc3ccc(O)cc3)c(=O)n2[C@H]1c1ccccc1Cl. The first-order valence-electron chi connectivity index (χ1n) is 9.64. The third-order valence-electron chi connectivity index (χ3n) is 4.91. The molecule has 0 bridgehead atoms. The van der Waals surface area contributed by atoms with E-state index in [1.165, 1.54) is 15.9 Å². The minimum atomic E-state index is -0.744. The predicted octanol–water partition coefficient (Wildman–Crippen LogP) is 3.16. The Morgan fingerprint density at radius 2 is 1.97 bits per heavy atom. The predicted molar refractivity (Wildman–Crippen MR) is 120 cm³/mol. The van der Waals surface area contributed by atoms with E-state index in [4.69, 9.17) is 16.3 Å². The highest BCUT2D eigenvalue weighted by Crippen LogP contribution is 2.34. The maximum Gasteiger partial charge on any atom is 0.338 e. The summed E-state index contributed by atoms with van der Waals surface area (Å²) in [5.41, 5.74) is 1.88. The molecule has 1 aliphatic rings. The van der Waals surface area contributed by atoms with Crippen LogP contribution in [0.4, 0.5) is 0 Å². The van der Waals surface area contributed by atoms with Gasteiger partial charge in [0, 0.05) is 5.02 Å². The second-order valence-electron chi connectivity index (χ2n) is 6.92. The molecule has 0 spiro atoms. The minimum Gasteiger partial charge on any atom is -0.508 e. The zero-order chi connectivity index (χ0) is 22.1. The first kappa shape index (κ1) is 21.1. The molecular weight excluding hydrogens is 436 g/mol. The van der Waals surface area contributed by atoms with Crippen molar-refractivity contribution in [1.82, 2.24) is 4.57 Å². The highest BCUT2D eigenvalue weighted by molar-refractivity contribution is 7.07. The second-order valence-corrected chi connectivity index (χ2v) is 8.33. The van der Waals surface area contributed by atoms with Crippen molar-refractivity contribution in [3.8, 4) is 5.75 Å². The first-order chi connectivity index (χ1) is 14.9. The van der Waals surface area contributed by atoms with Gasteiger partial charge in [0.05, 0.1) is 22.4 Å². The number of fused-ring (bicyclic) bond motifs is 1. The van der Waals surface area contributed by atoms with E-state index >= 15 is 0 Å². The van der Waals surface area contributed by atoms with E-state index in [1.54, 1.807) is 62.4 Å². The molecule has 158 valence electrons. The van der Waals surface area contributed by atoms with Crippen LogP contribution in [-0.4, -0.2) is 22.2 Å². The number of benzene rings is 2. The summed E-state index contributed by atoms with van der Waals surface area (Å²) < 4.78 is 7.22. The van der Waals surface area contributed by atoms with Crippen molar-refractivity contribution in [3.63, 3.8) is 0 Å². The van der Waals surface area contributed by atoms with Gasteiger partial charge >= 0.3 is 5.97 Å². The molecule has 1 atom stereocenters. The van der Waals surface area contributed by atoms with Gasteiger partial charge in [-0.15, -0.1) is 0 Å². The lowest BCUT2D eigenvalue weighted by atomic mass is 9.96. The maximum atomic E-state index is 13.4. The number of esters is 1. The summed E-state index contributed by atoms with van der Waals surface area (Å²) in [5.74, 6) is -0.381. The molecule has 0 amide bonds. The van der Waals surface area contributed by atoms with E-state index in [0.717, 1.165) is 5.56 Å². The molecule has 0 unspecified atom stereocenters. The molecule has 0 fully saturated rings. The largest absolute Gasteiger partial charge is 0.508 e. The smallest absolute Gasteiger partial charge is 0.338 e.